The van der Waals surface area contributed by atoms with Crippen LogP contribution < -0.4 is 72.9 Å². The van der Waals surface area contributed by atoms with Gasteiger partial charge in [-0.15, -0.1) is 0 Å². The van der Waals surface area contributed by atoms with Crippen LogP contribution in [0.2, 0.25) is 0 Å². The molecule has 60 valence electrons. The van der Waals surface area contributed by atoms with Crippen molar-refractivity contribution in [2.75, 3.05) is 26.2 Å². The monoisotopic (exact) mass is 185 g/mol. The quantitative estimate of drug-likeness (QED) is 0.294. The minimum absolute atomic E-state index is 0. The van der Waals surface area contributed by atoms with E-state index in [-0.39, 0.29) is 51.4 Å². The van der Waals surface area contributed by atoms with Crippen molar-refractivity contribution in [2.45, 2.75) is 0 Å². The van der Waals surface area contributed by atoms with Crippen molar-refractivity contribution in [1.82, 2.24) is 10.6 Å². The van der Waals surface area contributed by atoms with E-state index in [1.54, 1.807) is 0 Å². The van der Waals surface area contributed by atoms with E-state index < -0.39 is 6.09 Å². The molecule has 0 aromatic heterocycles. The van der Waals surface area contributed by atoms with Crippen LogP contribution in [0.15, 0.2) is 0 Å². The first-order chi connectivity index (χ1) is 4.77. The van der Waals surface area contributed by atoms with Crippen LogP contribution >= 0.6 is 0 Å². The van der Waals surface area contributed by atoms with Crippen LogP contribution in [0, 0.1) is 0 Å². The SMILES string of the molecule is NCCNCCNC(=O)[O-].[K+]. The number of amides is 1. The summed E-state index contributed by atoms with van der Waals surface area (Å²) in [7, 11) is 0. The molecule has 0 unspecified atom stereocenters. The Morgan fingerprint density at radius 1 is 1.36 bits per heavy atom. The first kappa shape index (κ1) is 14.4. The molecular weight excluding hydrogens is 173 g/mol. The summed E-state index contributed by atoms with van der Waals surface area (Å²) in [6, 6.07) is 0. The molecule has 0 spiro atoms. The number of carbonyl (C=O) groups excluding carboxylic acids is 1. The third-order valence-electron chi connectivity index (χ3n) is 0.892. The van der Waals surface area contributed by atoms with Gasteiger partial charge in [0.25, 0.3) is 0 Å². The van der Waals surface area contributed by atoms with Gasteiger partial charge in [0.15, 0.2) is 0 Å². The summed E-state index contributed by atoms with van der Waals surface area (Å²) < 4.78 is 0. The summed E-state index contributed by atoms with van der Waals surface area (Å²) in [4.78, 5) is 9.76. The largest absolute Gasteiger partial charge is 1.00 e. The molecule has 0 aliphatic carbocycles. The molecule has 0 atom stereocenters. The second-order valence-corrected chi connectivity index (χ2v) is 1.75. The fraction of sp³-hybridized carbons (Fsp3) is 0.800. The van der Waals surface area contributed by atoms with Gasteiger partial charge >= 0.3 is 51.4 Å². The maximum atomic E-state index is 9.76. The maximum absolute atomic E-state index is 9.76. The van der Waals surface area contributed by atoms with Crippen molar-refractivity contribution < 1.29 is 61.3 Å². The number of nitrogens with two attached hydrogens (primary N) is 1. The zero-order chi connectivity index (χ0) is 7.82. The normalized spacial score (nSPS) is 8.45. The Bertz CT molecular complexity index is 102. The Morgan fingerprint density at radius 2 is 2.00 bits per heavy atom. The third kappa shape index (κ3) is 13.8. The van der Waals surface area contributed by atoms with E-state index in [2.05, 4.69) is 10.6 Å². The number of rotatable bonds is 5. The van der Waals surface area contributed by atoms with Crippen LogP contribution in [0.5, 0.6) is 0 Å². The van der Waals surface area contributed by atoms with Crippen LogP contribution in [0.1, 0.15) is 0 Å². The predicted molar refractivity (Wildman–Crippen MR) is 35.3 cm³/mol. The fourth-order valence-corrected chi connectivity index (χ4v) is 0.480. The minimum Gasteiger partial charge on any atom is -0.530 e. The zero-order valence-corrected chi connectivity index (χ0v) is 9.85. The average molecular weight is 185 g/mol. The Morgan fingerprint density at radius 3 is 2.45 bits per heavy atom. The second-order valence-electron chi connectivity index (χ2n) is 1.75. The minimum atomic E-state index is -1.24. The molecular formula is C5H12KN3O2. The molecule has 0 saturated heterocycles. The van der Waals surface area contributed by atoms with E-state index in [1.807, 2.05) is 0 Å². The molecule has 4 N–H and O–H groups in total. The first-order valence-electron chi connectivity index (χ1n) is 3.13. The number of carboxylic acid groups (broad SMARTS) is 1. The van der Waals surface area contributed by atoms with Crippen molar-refractivity contribution in [1.29, 1.82) is 0 Å². The molecule has 0 rings (SSSR count). The molecule has 0 fully saturated rings. The third-order valence-corrected chi connectivity index (χ3v) is 0.892. The van der Waals surface area contributed by atoms with Crippen molar-refractivity contribution in [2.24, 2.45) is 5.73 Å². The maximum Gasteiger partial charge on any atom is 1.00 e. The van der Waals surface area contributed by atoms with E-state index in [9.17, 15) is 9.90 Å². The number of nitrogens with one attached hydrogen (secondary N) is 2. The van der Waals surface area contributed by atoms with Crippen molar-refractivity contribution >= 4 is 6.09 Å². The average Bonchev–Trinajstić information content (AvgIpc) is 1.87. The van der Waals surface area contributed by atoms with Gasteiger partial charge in [0, 0.05) is 26.2 Å². The molecule has 0 saturated carbocycles. The number of hydrogen-bond acceptors (Lipinski definition) is 4. The van der Waals surface area contributed by atoms with E-state index in [4.69, 9.17) is 5.73 Å². The van der Waals surface area contributed by atoms with Crippen LogP contribution in [0.4, 0.5) is 4.79 Å². The predicted octanol–water partition coefficient (Wildman–Crippen LogP) is -5.53. The second kappa shape index (κ2) is 10.8. The fourth-order valence-electron chi connectivity index (χ4n) is 0.480. The van der Waals surface area contributed by atoms with E-state index in [0.29, 0.717) is 26.2 Å². The summed E-state index contributed by atoms with van der Waals surface area (Å²) >= 11 is 0. The molecule has 1 amide bonds. The Balaban J connectivity index is 0. The van der Waals surface area contributed by atoms with E-state index >= 15 is 0 Å². The molecule has 0 aliphatic heterocycles. The van der Waals surface area contributed by atoms with Gasteiger partial charge in [-0.25, -0.2) is 0 Å². The standard InChI is InChI=1S/C5H13N3O2.K/c6-1-2-7-3-4-8-5(9)10;/h7-8H,1-4,6H2,(H,9,10);/q;+1/p-1. The van der Waals surface area contributed by atoms with Crippen LogP contribution in [0.25, 0.3) is 0 Å². The number of carbonyl (C=O) groups is 1. The van der Waals surface area contributed by atoms with Crippen molar-refractivity contribution in [3.8, 4) is 0 Å². The Kier molecular flexibility index (Phi) is 14.1. The molecule has 5 nitrogen and oxygen atoms in total. The zero-order valence-electron chi connectivity index (χ0n) is 6.72. The molecule has 0 radical (unpaired) electrons. The summed E-state index contributed by atoms with van der Waals surface area (Å²) in [5, 5.41) is 14.8. The first-order valence-corrected chi connectivity index (χ1v) is 3.13. The van der Waals surface area contributed by atoms with E-state index in [1.165, 1.54) is 0 Å². The number of hydrogen-bond donors (Lipinski definition) is 3. The van der Waals surface area contributed by atoms with Gasteiger partial charge in [0.2, 0.25) is 0 Å². The molecule has 0 aromatic carbocycles. The van der Waals surface area contributed by atoms with Gasteiger partial charge in [0.05, 0.1) is 0 Å². The van der Waals surface area contributed by atoms with Gasteiger partial charge in [-0.1, -0.05) is 0 Å². The molecule has 0 bridgehead atoms. The van der Waals surface area contributed by atoms with Gasteiger partial charge in [-0.05, 0) is 0 Å². The van der Waals surface area contributed by atoms with Gasteiger partial charge in [-0.3, -0.25) is 0 Å². The Labute approximate surface area is 109 Å². The molecule has 0 heterocycles. The van der Waals surface area contributed by atoms with Gasteiger partial charge in [-0.2, -0.15) is 0 Å². The Hall–Kier alpha value is 0.826. The van der Waals surface area contributed by atoms with Gasteiger partial charge < -0.3 is 26.3 Å². The topological polar surface area (TPSA) is 90.2 Å². The molecule has 0 aliphatic rings. The summed E-state index contributed by atoms with van der Waals surface area (Å²) in [6.45, 7) is 2.22. The summed E-state index contributed by atoms with van der Waals surface area (Å²) in [6.07, 6.45) is -1.24. The van der Waals surface area contributed by atoms with E-state index in [0.717, 1.165) is 0 Å². The van der Waals surface area contributed by atoms with Crippen molar-refractivity contribution in [3.05, 3.63) is 0 Å². The smallest absolute Gasteiger partial charge is 0.530 e. The summed E-state index contributed by atoms with van der Waals surface area (Å²) in [5.74, 6) is 0. The van der Waals surface area contributed by atoms with Crippen LogP contribution in [-0.4, -0.2) is 32.3 Å². The van der Waals surface area contributed by atoms with Crippen molar-refractivity contribution in [3.63, 3.8) is 0 Å². The van der Waals surface area contributed by atoms with Gasteiger partial charge in [0.1, 0.15) is 6.09 Å². The molecule has 11 heavy (non-hydrogen) atoms. The molecule has 0 aromatic rings. The summed E-state index contributed by atoms with van der Waals surface area (Å²) in [5.41, 5.74) is 5.16. The molecule has 6 heteroatoms. The van der Waals surface area contributed by atoms with Crippen LogP contribution in [-0.2, 0) is 0 Å². The van der Waals surface area contributed by atoms with Crippen LogP contribution in [0.3, 0.4) is 0 Å².